The summed E-state index contributed by atoms with van der Waals surface area (Å²) in [5.74, 6) is 1.12. The van der Waals surface area contributed by atoms with Crippen LogP contribution in [0, 0.1) is 23.1 Å². The van der Waals surface area contributed by atoms with Crippen LogP contribution in [-0.4, -0.2) is 16.7 Å². The van der Waals surface area contributed by atoms with Gasteiger partial charge in [-0.2, -0.15) is 0 Å². The first-order valence-electron chi connectivity index (χ1n) is 12.1. The molecule has 4 atom stereocenters. The van der Waals surface area contributed by atoms with Gasteiger partial charge in [0.25, 0.3) is 0 Å². The highest BCUT2D eigenvalue weighted by Gasteiger charge is 2.51. The Morgan fingerprint density at radius 3 is 2.82 bits per heavy atom. The molecule has 2 aromatic rings. The van der Waals surface area contributed by atoms with Gasteiger partial charge in [-0.15, -0.1) is 0 Å². The summed E-state index contributed by atoms with van der Waals surface area (Å²) < 4.78 is 13.9. The summed E-state index contributed by atoms with van der Waals surface area (Å²) in [6, 6.07) is 7.85. The Bertz CT molecular complexity index is 1140. The summed E-state index contributed by atoms with van der Waals surface area (Å²) in [6.45, 7) is 2.36. The average molecular weight is 447 g/mol. The van der Waals surface area contributed by atoms with Crippen molar-refractivity contribution in [1.29, 1.82) is 0 Å². The van der Waals surface area contributed by atoms with Crippen LogP contribution in [0.3, 0.4) is 0 Å². The lowest BCUT2D eigenvalue weighted by Crippen LogP contribution is -2.41. The van der Waals surface area contributed by atoms with Gasteiger partial charge < -0.3 is 5.73 Å². The molecule has 3 aliphatic rings. The van der Waals surface area contributed by atoms with Gasteiger partial charge in [-0.3, -0.25) is 14.6 Å². The molecule has 0 radical (unpaired) electrons. The molecule has 1 amide bonds. The van der Waals surface area contributed by atoms with Gasteiger partial charge in [0.1, 0.15) is 5.82 Å². The second-order valence-corrected chi connectivity index (χ2v) is 10.3. The first kappa shape index (κ1) is 22.0. The summed E-state index contributed by atoms with van der Waals surface area (Å²) >= 11 is 0. The van der Waals surface area contributed by atoms with Crippen molar-refractivity contribution in [2.45, 2.75) is 64.2 Å². The zero-order valence-electron chi connectivity index (χ0n) is 19.1. The SMILES string of the molecule is C[C@]12CC[C@@H]3c4ccc(C(=O)CCCC(N)=O)cc4CC[C@H]3[C@@H]1CC=C2c1cncc(F)c1. The Hall–Kier alpha value is -2.82. The molecular formula is C28H31FN2O2. The zero-order chi connectivity index (χ0) is 23.2. The number of aryl methyl sites for hydroxylation is 1. The van der Waals surface area contributed by atoms with Crippen molar-refractivity contribution in [3.05, 3.63) is 70.8 Å². The van der Waals surface area contributed by atoms with Crippen molar-refractivity contribution in [2.75, 3.05) is 0 Å². The molecule has 172 valence electrons. The van der Waals surface area contributed by atoms with E-state index in [0.29, 0.717) is 30.6 Å². The fraction of sp³-hybridized carbons (Fsp3) is 0.464. The number of ketones is 1. The van der Waals surface area contributed by atoms with E-state index in [1.165, 1.54) is 22.9 Å². The maximum Gasteiger partial charge on any atom is 0.217 e. The molecule has 4 nitrogen and oxygen atoms in total. The number of primary amides is 1. The standard InChI is InChI=1S/C28H31FN2O2/c1-28-12-11-22-21-7-6-18(26(32)3-2-4-27(30)33)13-17(21)5-8-23(22)25(28)10-9-24(28)19-14-20(29)16-31-15-19/h6-7,9,13-16,22-23,25H,2-5,8,10-12H2,1H3,(H2,30,33)/t22-,23-,25+,28-/m1/s1. The lowest BCUT2D eigenvalue weighted by Gasteiger charge is -2.50. The molecular weight excluding hydrogens is 415 g/mol. The predicted octanol–water partition coefficient (Wildman–Crippen LogP) is 5.61. The second-order valence-electron chi connectivity index (χ2n) is 10.3. The van der Waals surface area contributed by atoms with Crippen molar-refractivity contribution in [2.24, 2.45) is 23.0 Å². The first-order valence-corrected chi connectivity index (χ1v) is 12.1. The third kappa shape index (κ3) is 3.92. The highest BCUT2D eigenvalue weighted by atomic mass is 19.1. The number of nitrogens with zero attached hydrogens (tertiary/aromatic N) is 1. The number of hydrogen-bond donors (Lipinski definition) is 1. The topological polar surface area (TPSA) is 73.1 Å². The van der Waals surface area contributed by atoms with Gasteiger partial charge in [0, 0.05) is 24.6 Å². The second kappa shape index (κ2) is 8.51. The largest absolute Gasteiger partial charge is 0.370 e. The fourth-order valence-electron chi connectivity index (χ4n) is 6.90. The Balaban J connectivity index is 1.34. The van der Waals surface area contributed by atoms with E-state index in [-0.39, 0.29) is 29.3 Å². The van der Waals surface area contributed by atoms with E-state index in [1.807, 2.05) is 6.07 Å². The van der Waals surface area contributed by atoms with E-state index in [4.69, 9.17) is 5.73 Å². The maximum absolute atomic E-state index is 13.9. The number of halogens is 1. The van der Waals surface area contributed by atoms with Gasteiger partial charge in [-0.05, 0) is 96.1 Å². The van der Waals surface area contributed by atoms with E-state index >= 15 is 0 Å². The molecule has 2 N–H and O–H groups in total. The summed E-state index contributed by atoms with van der Waals surface area (Å²) in [5.41, 5.74) is 10.9. The molecule has 0 aliphatic heterocycles. The van der Waals surface area contributed by atoms with Crippen LogP contribution in [0.15, 0.2) is 42.7 Å². The van der Waals surface area contributed by atoms with Gasteiger partial charge in [0.05, 0.1) is 6.20 Å². The lowest BCUT2D eigenvalue weighted by atomic mass is 9.54. The highest BCUT2D eigenvalue weighted by molar-refractivity contribution is 5.96. The summed E-state index contributed by atoms with van der Waals surface area (Å²) in [5, 5.41) is 0. The van der Waals surface area contributed by atoms with Crippen molar-refractivity contribution in [3.63, 3.8) is 0 Å². The number of carbonyl (C=O) groups excluding carboxylic acids is 2. The number of allylic oxidation sites excluding steroid dienone is 2. The third-order valence-electron chi connectivity index (χ3n) is 8.47. The minimum atomic E-state index is -0.359. The molecule has 3 aliphatic carbocycles. The number of hydrogen-bond acceptors (Lipinski definition) is 3. The lowest BCUT2D eigenvalue weighted by molar-refractivity contribution is -0.118. The number of carbonyl (C=O) groups is 2. The molecule has 0 spiro atoms. The molecule has 5 rings (SSSR count). The molecule has 5 heteroatoms. The molecule has 33 heavy (non-hydrogen) atoms. The Morgan fingerprint density at radius 2 is 2.03 bits per heavy atom. The molecule has 1 aromatic heterocycles. The van der Waals surface area contributed by atoms with Gasteiger partial charge in [0.2, 0.25) is 5.91 Å². The van der Waals surface area contributed by atoms with Crippen molar-refractivity contribution >= 4 is 17.3 Å². The molecule has 0 bridgehead atoms. The van der Waals surface area contributed by atoms with Crippen LogP contribution in [0.1, 0.15) is 84.8 Å². The quantitative estimate of drug-likeness (QED) is 0.586. The molecule has 0 saturated heterocycles. The number of amides is 1. The Kier molecular flexibility index (Phi) is 5.67. The van der Waals surface area contributed by atoms with Crippen LogP contribution in [-0.2, 0) is 11.2 Å². The number of rotatable bonds is 6. The van der Waals surface area contributed by atoms with Crippen LogP contribution < -0.4 is 5.73 Å². The predicted molar refractivity (Wildman–Crippen MR) is 126 cm³/mol. The average Bonchev–Trinajstić information content (AvgIpc) is 3.15. The molecule has 1 saturated carbocycles. The van der Waals surface area contributed by atoms with E-state index in [9.17, 15) is 14.0 Å². The number of benzene rings is 1. The van der Waals surface area contributed by atoms with Crippen molar-refractivity contribution in [3.8, 4) is 0 Å². The van der Waals surface area contributed by atoms with Gasteiger partial charge in [0.15, 0.2) is 5.78 Å². The van der Waals surface area contributed by atoms with E-state index in [0.717, 1.165) is 43.2 Å². The normalized spacial score (nSPS) is 27.8. The number of fused-ring (bicyclic) bond motifs is 5. The van der Waals surface area contributed by atoms with E-state index in [2.05, 4.69) is 30.1 Å². The first-order chi connectivity index (χ1) is 15.9. The van der Waals surface area contributed by atoms with Gasteiger partial charge in [-0.25, -0.2) is 4.39 Å². The molecule has 1 fully saturated rings. The monoisotopic (exact) mass is 446 g/mol. The summed E-state index contributed by atoms with van der Waals surface area (Å²) in [6.07, 6.45) is 11.8. The van der Waals surface area contributed by atoms with Crippen LogP contribution in [0.4, 0.5) is 4.39 Å². The highest BCUT2D eigenvalue weighted by Crippen LogP contribution is 2.63. The van der Waals surface area contributed by atoms with Crippen molar-refractivity contribution in [1.82, 2.24) is 4.98 Å². The maximum atomic E-state index is 13.9. The van der Waals surface area contributed by atoms with Crippen molar-refractivity contribution < 1.29 is 14.0 Å². The van der Waals surface area contributed by atoms with Crippen LogP contribution >= 0.6 is 0 Å². The Labute approximate surface area is 194 Å². The van der Waals surface area contributed by atoms with E-state index < -0.39 is 0 Å². The smallest absolute Gasteiger partial charge is 0.217 e. The molecule has 0 unspecified atom stereocenters. The van der Waals surface area contributed by atoms with Crippen LogP contribution in [0.2, 0.25) is 0 Å². The summed E-state index contributed by atoms with van der Waals surface area (Å²) in [4.78, 5) is 27.6. The number of nitrogens with two attached hydrogens (primary N) is 1. The molecule has 1 aromatic carbocycles. The fourth-order valence-corrected chi connectivity index (χ4v) is 6.90. The van der Waals surface area contributed by atoms with Gasteiger partial charge in [-0.1, -0.05) is 25.1 Å². The van der Waals surface area contributed by atoms with Crippen LogP contribution in [0.5, 0.6) is 0 Å². The number of pyridine rings is 1. The molecule has 1 heterocycles. The van der Waals surface area contributed by atoms with E-state index in [1.54, 1.807) is 12.3 Å². The van der Waals surface area contributed by atoms with Gasteiger partial charge >= 0.3 is 0 Å². The Morgan fingerprint density at radius 1 is 1.18 bits per heavy atom. The minimum absolute atomic E-state index is 0.0600. The minimum Gasteiger partial charge on any atom is -0.370 e. The van der Waals surface area contributed by atoms with Crippen LogP contribution in [0.25, 0.3) is 5.57 Å². The third-order valence-corrected chi connectivity index (χ3v) is 8.47. The number of Topliss-reactive ketones (excluding diaryl/α,β-unsaturated/α-hetero) is 1. The summed E-state index contributed by atoms with van der Waals surface area (Å²) in [7, 11) is 0. The number of aromatic nitrogens is 1. The zero-order valence-corrected chi connectivity index (χ0v) is 19.1.